The minimum absolute atomic E-state index is 1.02. The number of fused-ring (bicyclic) bond motifs is 1. The zero-order chi connectivity index (χ0) is 11.7. The smallest absolute Gasteiger partial charge is 0.0791 e. The molecule has 0 aliphatic rings. The third-order valence-electron chi connectivity index (χ3n) is 2.80. The summed E-state index contributed by atoms with van der Waals surface area (Å²) in [6, 6.07) is 18.5. The van der Waals surface area contributed by atoms with Crippen LogP contribution in [0.4, 0.5) is 0 Å². The summed E-state index contributed by atoms with van der Waals surface area (Å²) < 4.78 is 1.07. The molecule has 0 N–H and O–H groups in total. The fourth-order valence-corrected chi connectivity index (χ4v) is 2.46. The molecule has 1 heterocycles. The summed E-state index contributed by atoms with van der Waals surface area (Å²) in [5, 5.41) is 2.40. The fraction of sp³-hybridized carbons (Fsp3) is 0. The molecule has 1 aromatic heterocycles. The van der Waals surface area contributed by atoms with Crippen LogP contribution in [-0.2, 0) is 0 Å². The number of nitrogens with zero attached hydrogens (tertiary/aromatic N) is 1. The maximum atomic E-state index is 4.51. The van der Waals surface area contributed by atoms with E-state index in [2.05, 4.69) is 39.1 Å². The van der Waals surface area contributed by atoms with Gasteiger partial charge in [-0.15, -0.1) is 0 Å². The predicted octanol–water partition coefficient (Wildman–Crippen LogP) is 4.66. The molecule has 0 saturated heterocycles. The van der Waals surface area contributed by atoms with Crippen molar-refractivity contribution in [3.63, 3.8) is 0 Å². The monoisotopic (exact) mass is 283 g/mol. The Bertz CT molecular complexity index is 671. The largest absolute Gasteiger partial charge is 0.256 e. The SMILES string of the molecule is Brc1ccccc1-c1nccc2ccccc12. The van der Waals surface area contributed by atoms with E-state index in [4.69, 9.17) is 0 Å². The van der Waals surface area contributed by atoms with Gasteiger partial charge in [-0.25, -0.2) is 0 Å². The van der Waals surface area contributed by atoms with Crippen molar-refractivity contribution >= 4 is 26.7 Å². The average molecular weight is 284 g/mol. The Morgan fingerprint density at radius 2 is 1.59 bits per heavy atom. The Labute approximate surface area is 108 Å². The Morgan fingerprint density at radius 3 is 2.47 bits per heavy atom. The highest BCUT2D eigenvalue weighted by Crippen LogP contribution is 2.31. The van der Waals surface area contributed by atoms with E-state index in [1.165, 1.54) is 10.8 Å². The first-order valence-corrected chi connectivity index (χ1v) is 6.24. The van der Waals surface area contributed by atoms with Gasteiger partial charge in [-0.3, -0.25) is 4.98 Å². The second kappa shape index (κ2) is 4.30. The highest BCUT2D eigenvalue weighted by molar-refractivity contribution is 9.10. The van der Waals surface area contributed by atoms with Crippen molar-refractivity contribution in [3.05, 3.63) is 65.3 Å². The average Bonchev–Trinajstić information content (AvgIpc) is 2.39. The number of halogens is 1. The number of aromatic nitrogens is 1. The van der Waals surface area contributed by atoms with Gasteiger partial charge < -0.3 is 0 Å². The highest BCUT2D eigenvalue weighted by atomic mass is 79.9. The van der Waals surface area contributed by atoms with E-state index in [1.54, 1.807) is 0 Å². The van der Waals surface area contributed by atoms with E-state index in [-0.39, 0.29) is 0 Å². The zero-order valence-corrected chi connectivity index (χ0v) is 10.7. The second-order valence-electron chi connectivity index (χ2n) is 3.86. The van der Waals surface area contributed by atoms with Crippen LogP contribution in [0, 0.1) is 0 Å². The molecule has 0 fully saturated rings. The first-order valence-electron chi connectivity index (χ1n) is 5.45. The van der Waals surface area contributed by atoms with Crippen LogP contribution in [0.1, 0.15) is 0 Å². The first kappa shape index (κ1) is 10.5. The zero-order valence-electron chi connectivity index (χ0n) is 9.10. The topological polar surface area (TPSA) is 12.9 Å². The summed E-state index contributed by atoms with van der Waals surface area (Å²) in [6.07, 6.45) is 1.86. The van der Waals surface area contributed by atoms with Crippen molar-refractivity contribution in [1.29, 1.82) is 0 Å². The third kappa shape index (κ3) is 1.85. The van der Waals surface area contributed by atoms with Crippen LogP contribution in [0.25, 0.3) is 22.0 Å². The normalized spacial score (nSPS) is 10.6. The molecule has 0 amide bonds. The number of hydrogen-bond acceptors (Lipinski definition) is 1. The summed E-state index contributed by atoms with van der Waals surface area (Å²) in [7, 11) is 0. The Hall–Kier alpha value is -1.67. The van der Waals surface area contributed by atoms with Crippen molar-refractivity contribution in [1.82, 2.24) is 4.98 Å². The van der Waals surface area contributed by atoms with Gasteiger partial charge in [0.05, 0.1) is 5.69 Å². The van der Waals surface area contributed by atoms with Crippen LogP contribution in [-0.4, -0.2) is 4.98 Å². The Balaban J connectivity index is 2.35. The Morgan fingerprint density at radius 1 is 0.824 bits per heavy atom. The highest BCUT2D eigenvalue weighted by Gasteiger charge is 2.07. The van der Waals surface area contributed by atoms with Crippen molar-refractivity contribution < 1.29 is 0 Å². The quantitative estimate of drug-likeness (QED) is 0.633. The van der Waals surface area contributed by atoms with E-state index in [0.717, 1.165) is 15.7 Å². The lowest BCUT2D eigenvalue weighted by Gasteiger charge is -2.07. The number of benzene rings is 2. The van der Waals surface area contributed by atoms with Crippen molar-refractivity contribution in [2.75, 3.05) is 0 Å². The van der Waals surface area contributed by atoms with Gasteiger partial charge in [-0.2, -0.15) is 0 Å². The Kier molecular flexibility index (Phi) is 2.65. The minimum atomic E-state index is 1.02. The summed E-state index contributed by atoms with van der Waals surface area (Å²) >= 11 is 3.58. The number of rotatable bonds is 1. The molecule has 0 bridgehead atoms. The van der Waals surface area contributed by atoms with Crippen LogP contribution in [0.15, 0.2) is 65.3 Å². The van der Waals surface area contributed by atoms with Gasteiger partial charge in [-0.05, 0) is 17.5 Å². The molecule has 82 valence electrons. The van der Waals surface area contributed by atoms with Gasteiger partial charge in [0.1, 0.15) is 0 Å². The van der Waals surface area contributed by atoms with Crippen LogP contribution < -0.4 is 0 Å². The van der Waals surface area contributed by atoms with E-state index in [1.807, 2.05) is 42.6 Å². The van der Waals surface area contributed by atoms with Crippen LogP contribution in [0.5, 0.6) is 0 Å². The lowest BCUT2D eigenvalue weighted by Crippen LogP contribution is -1.86. The molecule has 0 radical (unpaired) electrons. The number of hydrogen-bond donors (Lipinski definition) is 0. The summed E-state index contributed by atoms with van der Waals surface area (Å²) in [6.45, 7) is 0. The van der Waals surface area contributed by atoms with Gasteiger partial charge in [0.2, 0.25) is 0 Å². The molecule has 1 nitrogen and oxygen atoms in total. The van der Waals surface area contributed by atoms with E-state index in [9.17, 15) is 0 Å². The van der Waals surface area contributed by atoms with E-state index >= 15 is 0 Å². The predicted molar refractivity (Wildman–Crippen MR) is 74.9 cm³/mol. The molecular formula is C15H10BrN. The first-order chi connectivity index (χ1) is 8.36. The van der Waals surface area contributed by atoms with Crippen LogP contribution in [0.3, 0.4) is 0 Å². The molecule has 17 heavy (non-hydrogen) atoms. The van der Waals surface area contributed by atoms with Crippen LogP contribution in [0.2, 0.25) is 0 Å². The minimum Gasteiger partial charge on any atom is -0.256 e. The molecule has 3 aromatic rings. The molecule has 0 spiro atoms. The summed E-state index contributed by atoms with van der Waals surface area (Å²) in [5.41, 5.74) is 2.15. The second-order valence-corrected chi connectivity index (χ2v) is 4.71. The summed E-state index contributed by atoms with van der Waals surface area (Å²) in [4.78, 5) is 4.51. The molecule has 3 rings (SSSR count). The molecule has 0 unspecified atom stereocenters. The summed E-state index contributed by atoms with van der Waals surface area (Å²) in [5.74, 6) is 0. The third-order valence-corrected chi connectivity index (χ3v) is 3.49. The molecule has 0 atom stereocenters. The van der Waals surface area contributed by atoms with E-state index in [0.29, 0.717) is 0 Å². The maximum Gasteiger partial charge on any atom is 0.0791 e. The van der Waals surface area contributed by atoms with Crippen molar-refractivity contribution in [2.24, 2.45) is 0 Å². The molecule has 0 aliphatic carbocycles. The van der Waals surface area contributed by atoms with Crippen LogP contribution >= 0.6 is 15.9 Å². The lowest BCUT2D eigenvalue weighted by atomic mass is 10.0. The molecule has 2 aromatic carbocycles. The molecule has 0 saturated carbocycles. The van der Waals surface area contributed by atoms with Gasteiger partial charge >= 0.3 is 0 Å². The van der Waals surface area contributed by atoms with Gasteiger partial charge in [0.25, 0.3) is 0 Å². The molecular weight excluding hydrogens is 274 g/mol. The van der Waals surface area contributed by atoms with E-state index < -0.39 is 0 Å². The lowest BCUT2D eigenvalue weighted by molar-refractivity contribution is 1.35. The molecule has 0 aliphatic heterocycles. The van der Waals surface area contributed by atoms with Gasteiger partial charge in [0, 0.05) is 21.6 Å². The maximum absolute atomic E-state index is 4.51. The standard InChI is InChI=1S/C15H10BrN/c16-14-8-4-3-7-13(14)15-12-6-2-1-5-11(12)9-10-17-15/h1-10H. The van der Waals surface area contributed by atoms with Crippen molar-refractivity contribution in [2.45, 2.75) is 0 Å². The van der Waals surface area contributed by atoms with Gasteiger partial charge in [0.15, 0.2) is 0 Å². The van der Waals surface area contributed by atoms with Crippen molar-refractivity contribution in [3.8, 4) is 11.3 Å². The fourth-order valence-electron chi connectivity index (χ4n) is 1.99. The van der Waals surface area contributed by atoms with Gasteiger partial charge in [-0.1, -0.05) is 58.4 Å². The molecule has 2 heteroatoms. The number of pyridine rings is 1.